The van der Waals surface area contributed by atoms with Crippen molar-refractivity contribution in [1.29, 1.82) is 0 Å². The lowest BCUT2D eigenvalue weighted by atomic mass is 9.88. The van der Waals surface area contributed by atoms with E-state index in [-0.39, 0.29) is 5.69 Å². The van der Waals surface area contributed by atoms with Gasteiger partial charge in [-0.15, -0.1) is 0 Å². The Labute approximate surface area is 130 Å². The van der Waals surface area contributed by atoms with Gasteiger partial charge in [-0.3, -0.25) is 10.1 Å². The molecule has 0 fully saturated rings. The van der Waals surface area contributed by atoms with E-state index in [1.807, 2.05) is 0 Å². The maximum absolute atomic E-state index is 10.7. The summed E-state index contributed by atoms with van der Waals surface area (Å²) in [4.78, 5) is 14.4. The number of aryl methyl sites for hydroxylation is 1. The molecule has 0 saturated heterocycles. The molecule has 6 heteroatoms. The molecule has 1 atom stereocenters. The quantitative estimate of drug-likeness (QED) is 0.678. The number of rotatable bonds is 3. The summed E-state index contributed by atoms with van der Waals surface area (Å²) in [7, 11) is 0. The van der Waals surface area contributed by atoms with Crippen LogP contribution in [-0.2, 0) is 12.8 Å². The summed E-state index contributed by atoms with van der Waals surface area (Å²) >= 11 is 3.34. The van der Waals surface area contributed by atoms with Crippen LogP contribution < -0.4 is 5.32 Å². The highest BCUT2D eigenvalue weighted by molar-refractivity contribution is 9.10. The van der Waals surface area contributed by atoms with Crippen LogP contribution in [0.5, 0.6) is 0 Å². The standard InChI is InChI=1S/C15H14BrN3O2/c16-14-8-13(19(20)21)9-17-15(14)18-12-6-5-10-3-1-2-4-11(10)7-12/h1-4,8-9,12H,5-7H2,(H,17,18). The number of halogens is 1. The summed E-state index contributed by atoms with van der Waals surface area (Å²) in [5.74, 6) is 0.657. The second kappa shape index (κ2) is 5.81. The van der Waals surface area contributed by atoms with Gasteiger partial charge in [0, 0.05) is 12.1 Å². The summed E-state index contributed by atoms with van der Waals surface area (Å²) in [5, 5.41) is 14.1. The van der Waals surface area contributed by atoms with Crippen LogP contribution in [0.2, 0.25) is 0 Å². The molecule has 0 spiro atoms. The van der Waals surface area contributed by atoms with Gasteiger partial charge >= 0.3 is 0 Å². The molecule has 1 aromatic carbocycles. The SMILES string of the molecule is O=[N+]([O-])c1cnc(NC2CCc3ccccc3C2)c(Br)c1. The minimum Gasteiger partial charge on any atom is -0.366 e. The van der Waals surface area contributed by atoms with Gasteiger partial charge in [0.15, 0.2) is 0 Å². The Morgan fingerprint density at radius 2 is 2.10 bits per heavy atom. The number of anilines is 1. The van der Waals surface area contributed by atoms with E-state index in [0.29, 0.717) is 16.3 Å². The molecule has 0 aliphatic heterocycles. The van der Waals surface area contributed by atoms with Gasteiger partial charge in [-0.05, 0) is 46.3 Å². The fraction of sp³-hybridized carbons (Fsp3) is 0.267. The largest absolute Gasteiger partial charge is 0.366 e. The molecule has 0 bridgehead atoms. The number of hydrogen-bond donors (Lipinski definition) is 1. The van der Waals surface area contributed by atoms with Gasteiger partial charge < -0.3 is 5.32 Å². The predicted octanol–water partition coefficient (Wildman–Crippen LogP) is 3.72. The monoisotopic (exact) mass is 347 g/mol. The fourth-order valence-electron chi connectivity index (χ4n) is 2.65. The highest BCUT2D eigenvalue weighted by Gasteiger charge is 2.20. The second-order valence-corrected chi connectivity index (χ2v) is 5.99. The van der Waals surface area contributed by atoms with Crippen molar-refractivity contribution in [3.63, 3.8) is 0 Å². The van der Waals surface area contributed by atoms with Crippen LogP contribution in [0.15, 0.2) is 41.0 Å². The molecular weight excluding hydrogens is 334 g/mol. The Hall–Kier alpha value is -1.95. The number of aromatic nitrogens is 1. The molecule has 1 aromatic heterocycles. The average Bonchev–Trinajstić information content (AvgIpc) is 2.49. The summed E-state index contributed by atoms with van der Waals surface area (Å²) in [6.45, 7) is 0. The van der Waals surface area contributed by atoms with Gasteiger partial charge in [-0.2, -0.15) is 0 Å². The second-order valence-electron chi connectivity index (χ2n) is 5.13. The first kappa shape index (κ1) is 14.0. The zero-order valence-electron chi connectivity index (χ0n) is 11.3. The summed E-state index contributed by atoms with van der Waals surface area (Å²) in [6.07, 6.45) is 4.30. The molecule has 2 aromatic rings. The van der Waals surface area contributed by atoms with Gasteiger partial charge in [0.25, 0.3) is 5.69 Å². The van der Waals surface area contributed by atoms with Crippen LogP contribution in [-0.4, -0.2) is 15.9 Å². The Kier molecular flexibility index (Phi) is 3.88. The lowest BCUT2D eigenvalue weighted by molar-refractivity contribution is -0.385. The van der Waals surface area contributed by atoms with Crippen LogP contribution in [0.3, 0.4) is 0 Å². The van der Waals surface area contributed by atoms with E-state index < -0.39 is 4.92 Å². The van der Waals surface area contributed by atoms with Crippen LogP contribution >= 0.6 is 15.9 Å². The van der Waals surface area contributed by atoms with Crippen molar-refractivity contribution in [2.75, 3.05) is 5.32 Å². The first-order valence-electron chi connectivity index (χ1n) is 6.77. The lowest BCUT2D eigenvalue weighted by Crippen LogP contribution is -2.27. The van der Waals surface area contributed by atoms with Crippen molar-refractivity contribution in [1.82, 2.24) is 4.98 Å². The molecule has 0 amide bonds. The summed E-state index contributed by atoms with van der Waals surface area (Å²) in [6, 6.07) is 10.2. The normalized spacial score (nSPS) is 17.1. The molecule has 0 radical (unpaired) electrons. The Bertz CT molecular complexity index is 690. The maximum atomic E-state index is 10.7. The Morgan fingerprint density at radius 1 is 1.33 bits per heavy atom. The number of nitro groups is 1. The number of hydrogen-bond acceptors (Lipinski definition) is 4. The number of pyridine rings is 1. The molecule has 108 valence electrons. The molecule has 1 aliphatic carbocycles. The molecule has 1 unspecified atom stereocenters. The van der Waals surface area contributed by atoms with Crippen molar-refractivity contribution in [2.45, 2.75) is 25.3 Å². The summed E-state index contributed by atoms with van der Waals surface area (Å²) in [5.41, 5.74) is 2.76. The van der Waals surface area contributed by atoms with Gasteiger partial charge in [0.05, 0.1) is 9.40 Å². The third-order valence-electron chi connectivity index (χ3n) is 3.73. The average molecular weight is 348 g/mol. The topological polar surface area (TPSA) is 68.1 Å². The van der Waals surface area contributed by atoms with E-state index in [9.17, 15) is 10.1 Å². The first-order valence-corrected chi connectivity index (χ1v) is 7.56. The lowest BCUT2D eigenvalue weighted by Gasteiger charge is -2.26. The van der Waals surface area contributed by atoms with E-state index in [4.69, 9.17) is 0 Å². The van der Waals surface area contributed by atoms with Crippen LogP contribution in [0.4, 0.5) is 11.5 Å². The number of fused-ring (bicyclic) bond motifs is 1. The van der Waals surface area contributed by atoms with E-state index >= 15 is 0 Å². The number of benzene rings is 1. The van der Waals surface area contributed by atoms with Crippen molar-refractivity contribution in [3.05, 3.63) is 62.2 Å². The first-order chi connectivity index (χ1) is 10.1. The molecule has 1 N–H and O–H groups in total. The number of nitrogens with zero attached hydrogens (tertiary/aromatic N) is 2. The van der Waals surface area contributed by atoms with Crippen molar-refractivity contribution in [2.24, 2.45) is 0 Å². The van der Waals surface area contributed by atoms with Crippen LogP contribution in [0, 0.1) is 10.1 Å². The Morgan fingerprint density at radius 3 is 2.81 bits per heavy atom. The van der Waals surface area contributed by atoms with E-state index in [2.05, 4.69) is 50.5 Å². The van der Waals surface area contributed by atoms with Gasteiger partial charge in [-0.1, -0.05) is 24.3 Å². The summed E-state index contributed by atoms with van der Waals surface area (Å²) < 4.78 is 0.621. The Balaban J connectivity index is 1.75. The molecule has 1 aliphatic rings. The fourth-order valence-corrected chi connectivity index (χ4v) is 3.10. The van der Waals surface area contributed by atoms with Gasteiger partial charge in [-0.25, -0.2) is 4.98 Å². The predicted molar refractivity (Wildman–Crippen MR) is 84.5 cm³/mol. The van der Waals surface area contributed by atoms with Crippen LogP contribution in [0.25, 0.3) is 0 Å². The minimum absolute atomic E-state index is 0.0126. The highest BCUT2D eigenvalue weighted by Crippen LogP contribution is 2.28. The molecule has 0 saturated carbocycles. The smallest absolute Gasteiger partial charge is 0.288 e. The highest BCUT2D eigenvalue weighted by atomic mass is 79.9. The van der Waals surface area contributed by atoms with Crippen molar-refractivity contribution in [3.8, 4) is 0 Å². The molecule has 5 nitrogen and oxygen atoms in total. The van der Waals surface area contributed by atoms with Gasteiger partial charge in [0.2, 0.25) is 0 Å². The zero-order valence-corrected chi connectivity index (χ0v) is 12.8. The van der Waals surface area contributed by atoms with Crippen LogP contribution in [0.1, 0.15) is 17.5 Å². The number of nitrogens with one attached hydrogen (secondary N) is 1. The molecule has 1 heterocycles. The molecular formula is C15H14BrN3O2. The zero-order chi connectivity index (χ0) is 14.8. The van der Waals surface area contributed by atoms with Gasteiger partial charge in [0.1, 0.15) is 12.0 Å². The van der Waals surface area contributed by atoms with E-state index in [1.54, 1.807) is 0 Å². The van der Waals surface area contributed by atoms with E-state index in [1.165, 1.54) is 23.4 Å². The molecule has 3 rings (SSSR count). The molecule has 21 heavy (non-hydrogen) atoms. The minimum atomic E-state index is -0.446. The van der Waals surface area contributed by atoms with E-state index in [0.717, 1.165) is 19.3 Å². The van der Waals surface area contributed by atoms with Crippen molar-refractivity contribution < 1.29 is 4.92 Å². The third-order valence-corrected chi connectivity index (χ3v) is 4.33. The van der Waals surface area contributed by atoms with Crippen molar-refractivity contribution >= 4 is 27.4 Å². The third kappa shape index (κ3) is 3.05. The maximum Gasteiger partial charge on any atom is 0.288 e.